The number of benzene rings is 1. The van der Waals surface area contributed by atoms with E-state index in [2.05, 4.69) is 22.5 Å². The van der Waals surface area contributed by atoms with E-state index in [1.165, 1.54) is 6.42 Å². The minimum absolute atomic E-state index is 0.0301. The van der Waals surface area contributed by atoms with Crippen LogP contribution in [0.5, 0.6) is 0 Å². The minimum Gasteiger partial charge on any atom is -0.396 e. The van der Waals surface area contributed by atoms with E-state index < -0.39 is 0 Å². The molecule has 1 amide bonds. The van der Waals surface area contributed by atoms with E-state index >= 15 is 0 Å². The monoisotopic (exact) mass is 374 g/mol. The number of aliphatic imine (C=N–C) groups is 1. The summed E-state index contributed by atoms with van der Waals surface area (Å²) in [6.07, 6.45) is 3.89. The van der Waals surface area contributed by atoms with Gasteiger partial charge in [0.2, 0.25) is 5.91 Å². The Morgan fingerprint density at radius 1 is 1.30 bits per heavy atom. The van der Waals surface area contributed by atoms with Crippen LogP contribution in [0.3, 0.4) is 0 Å². The van der Waals surface area contributed by atoms with Gasteiger partial charge in [-0.2, -0.15) is 0 Å². The molecular formula is C21H34N4O2. The molecule has 1 aromatic rings. The summed E-state index contributed by atoms with van der Waals surface area (Å²) >= 11 is 0. The van der Waals surface area contributed by atoms with E-state index in [-0.39, 0.29) is 18.4 Å². The quantitative estimate of drug-likeness (QED) is 0.481. The van der Waals surface area contributed by atoms with Crippen molar-refractivity contribution in [2.24, 2.45) is 4.99 Å². The Morgan fingerprint density at radius 3 is 2.74 bits per heavy atom. The summed E-state index contributed by atoms with van der Waals surface area (Å²) in [5.41, 5.74) is 1.08. The second-order valence-electron chi connectivity index (χ2n) is 7.12. The highest BCUT2D eigenvalue weighted by Gasteiger charge is 2.22. The van der Waals surface area contributed by atoms with Crippen molar-refractivity contribution in [1.29, 1.82) is 0 Å². The topological polar surface area (TPSA) is 77.0 Å². The zero-order valence-corrected chi connectivity index (χ0v) is 16.7. The molecule has 1 aromatic carbocycles. The number of aliphatic hydroxyl groups excluding tert-OH is 1. The van der Waals surface area contributed by atoms with Crippen molar-refractivity contribution in [3.05, 3.63) is 35.9 Å². The van der Waals surface area contributed by atoms with Crippen LogP contribution in [0.2, 0.25) is 0 Å². The molecule has 1 aliphatic rings. The zero-order valence-electron chi connectivity index (χ0n) is 16.7. The normalized spacial score (nSPS) is 18.9. The number of hydrogen-bond acceptors (Lipinski definition) is 3. The number of likely N-dealkylation sites (tertiary alicyclic amines) is 1. The third kappa shape index (κ3) is 6.86. The number of guanidine groups is 1. The summed E-state index contributed by atoms with van der Waals surface area (Å²) in [6.45, 7) is 6.88. The first kappa shape index (κ1) is 21.2. The Bertz CT molecular complexity index is 591. The van der Waals surface area contributed by atoms with Gasteiger partial charge in [-0.3, -0.25) is 9.79 Å². The van der Waals surface area contributed by atoms with Gasteiger partial charge in [0.05, 0.1) is 13.2 Å². The van der Waals surface area contributed by atoms with Crippen LogP contribution in [0.1, 0.15) is 51.0 Å². The average Bonchev–Trinajstić information content (AvgIpc) is 2.69. The summed E-state index contributed by atoms with van der Waals surface area (Å²) in [7, 11) is 0. The lowest BCUT2D eigenvalue weighted by Crippen LogP contribution is -2.44. The fourth-order valence-electron chi connectivity index (χ4n) is 3.44. The second-order valence-corrected chi connectivity index (χ2v) is 7.12. The molecular weight excluding hydrogens is 340 g/mol. The second kappa shape index (κ2) is 11.6. The van der Waals surface area contributed by atoms with Gasteiger partial charge in [0, 0.05) is 38.0 Å². The van der Waals surface area contributed by atoms with Gasteiger partial charge in [-0.1, -0.05) is 30.3 Å². The fraction of sp³-hybridized carbons (Fsp3) is 0.619. The Morgan fingerprint density at radius 2 is 2.07 bits per heavy atom. The van der Waals surface area contributed by atoms with Crippen molar-refractivity contribution in [3.8, 4) is 0 Å². The fourth-order valence-corrected chi connectivity index (χ4v) is 3.44. The maximum Gasteiger partial charge on any atom is 0.224 e. The molecule has 0 spiro atoms. The summed E-state index contributed by atoms with van der Waals surface area (Å²) in [5.74, 6) is 0.868. The zero-order chi connectivity index (χ0) is 19.5. The number of aliphatic hydroxyl groups is 1. The van der Waals surface area contributed by atoms with Crippen molar-refractivity contribution in [3.63, 3.8) is 0 Å². The molecule has 2 rings (SSSR count). The molecule has 27 heavy (non-hydrogen) atoms. The maximum absolute atomic E-state index is 12.4. The third-order valence-corrected chi connectivity index (χ3v) is 5.06. The molecule has 1 heterocycles. The Labute approximate surface area is 163 Å². The first-order valence-corrected chi connectivity index (χ1v) is 10.1. The Balaban J connectivity index is 1.84. The molecule has 150 valence electrons. The lowest BCUT2D eigenvalue weighted by atomic mass is 10.0. The summed E-state index contributed by atoms with van der Waals surface area (Å²) in [6, 6.07) is 10.3. The largest absolute Gasteiger partial charge is 0.396 e. The molecule has 1 saturated heterocycles. The predicted octanol–water partition coefficient (Wildman–Crippen LogP) is 2.11. The molecule has 0 saturated carbocycles. The van der Waals surface area contributed by atoms with E-state index in [4.69, 9.17) is 0 Å². The van der Waals surface area contributed by atoms with Crippen LogP contribution in [0.15, 0.2) is 35.3 Å². The summed E-state index contributed by atoms with van der Waals surface area (Å²) < 4.78 is 0. The van der Waals surface area contributed by atoms with Crippen LogP contribution in [0, 0.1) is 0 Å². The van der Waals surface area contributed by atoms with Crippen molar-refractivity contribution in [2.75, 3.05) is 32.8 Å². The van der Waals surface area contributed by atoms with Crippen LogP contribution in [0.4, 0.5) is 0 Å². The van der Waals surface area contributed by atoms with Gasteiger partial charge < -0.3 is 20.6 Å². The molecule has 0 radical (unpaired) electrons. The summed E-state index contributed by atoms with van der Waals surface area (Å²) in [5, 5.41) is 16.1. The number of piperidine rings is 1. The van der Waals surface area contributed by atoms with Crippen LogP contribution in [-0.2, 0) is 4.79 Å². The summed E-state index contributed by atoms with van der Waals surface area (Å²) in [4.78, 5) is 19.0. The van der Waals surface area contributed by atoms with Crippen molar-refractivity contribution in [2.45, 2.75) is 51.5 Å². The van der Waals surface area contributed by atoms with E-state index in [1.807, 2.05) is 42.2 Å². The number of hydrogen-bond donors (Lipinski definition) is 3. The first-order valence-electron chi connectivity index (χ1n) is 10.1. The molecule has 3 N–H and O–H groups in total. The highest BCUT2D eigenvalue weighted by molar-refractivity contribution is 5.81. The van der Waals surface area contributed by atoms with Gasteiger partial charge in [-0.25, -0.2) is 0 Å². The van der Waals surface area contributed by atoms with E-state index in [0.29, 0.717) is 31.5 Å². The number of carbonyl (C=O) groups excluding carboxylic acids is 1. The van der Waals surface area contributed by atoms with Crippen molar-refractivity contribution in [1.82, 2.24) is 15.5 Å². The lowest BCUT2D eigenvalue weighted by Gasteiger charge is -2.33. The van der Waals surface area contributed by atoms with Gasteiger partial charge >= 0.3 is 0 Å². The standard InChI is InChI=1S/C21H34N4O2/c1-3-22-21(24-15-19(16-26)18-10-5-4-6-11-18)23-13-12-20(27)25-14-8-7-9-17(25)2/h4-6,10-11,17,19,26H,3,7-9,12-16H2,1-2H3,(H2,22,23,24). The molecule has 0 aromatic heterocycles. The highest BCUT2D eigenvalue weighted by atomic mass is 16.3. The van der Waals surface area contributed by atoms with Gasteiger partial charge in [0.1, 0.15) is 0 Å². The molecule has 1 aliphatic heterocycles. The molecule has 6 nitrogen and oxygen atoms in total. The number of rotatable bonds is 8. The predicted molar refractivity (Wildman–Crippen MR) is 110 cm³/mol. The Kier molecular flexibility index (Phi) is 9.11. The minimum atomic E-state index is -0.0301. The number of nitrogens with zero attached hydrogens (tertiary/aromatic N) is 2. The molecule has 0 bridgehead atoms. The average molecular weight is 375 g/mol. The van der Waals surface area contributed by atoms with E-state index in [0.717, 1.165) is 31.5 Å². The Hall–Kier alpha value is -2.08. The van der Waals surface area contributed by atoms with Gasteiger partial charge in [-0.15, -0.1) is 0 Å². The SMILES string of the molecule is CCNC(=NCC(CO)c1ccccc1)NCCC(=O)N1CCCCC1C. The van der Waals surface area contributed by atoms with E-state index in [9.17, 15) is 9.90 Å². The van der Waals surface area contributed by atoms with Crippen LogP contribution >= 0.6 is 0 Å². The molecule has 6 heteroatoms. The third-order valence-electron chi connectivity index (χ3n) is 5.06. The van der Waals surface area contributed by atoms with E-state index in [1.54, 1.807) is 0 Å². The molecule has 2 atom stereocenters. The molecule has 2 unspecified atom stereocenters. The maximum atomic E-state index is 12.4. The number of nitrogens with one attached hydrogen (secondary N) is 2. The van der Waals surface area contributed by atoms with Gasteiger partial charge in [0.15, 0.2) is 5.96 Å². The lowest BCUT2D eigenvalue weighted by molar-refractivity contribution is -0.134. The first-order chi connectivity index (χ1) is 13.2. The van der Waals surface area contributed by atoms with Crippen LogP contribution < -0.4 is 10.6 Å². The van der Waals surface area contributed by atoms with Gasteiger partial charge in [-0.05, 0) is 38.7 Å². The molecule has 0 aliphatic carbocycles. The number of carbonyl (C=O) groups is 1. The van der Waals surface area contributed by atoms with Crippen molar-refractivity contribution < 1.29 is 9.90 Å². The van der Waals surface area contributed by atoms with Crippen molar-refractivity contribution >= 4 is 11.9 Å². The van der Waals surface area contributed by atoms with Crippen LogP contribution in [-0.4, -0.2) is 60.7 Å². The highest BCUT2D eigenvalue weighted by Crippen LogP contribution is 2.17. The number of amides is 1. The van der Waals surface area contributed by atoms with Gasteiger partial charge in [0.25, 0.3) is 0 Å². The molecule has 1 fully saturated rings. The van der Waals surface area contributed by atoms with Crippen LogP contribution in [0.25, 0.3) is 0 Å². The smallest absolute Gasteiger partial charge is 0.224 e.